The maximum atomic E-state index is 10.5. The highest BCUT2D eigenvalue weighted by molar-refractivity contribution is 8.13. The van der Waals surface area contributed by atoms with Crippen LogP contribution in [0.1, 0.15) is 33.6 Å². The summed E-state index contributed by atoms with van der Waals surface area (Å²) in [6, 6.07) is 0. The molecule has 0 saturated carbocycles. The van der Waals surface area contributed by atoms with E-state index >= 15 is 0 Å². The van der Waals surface area contributed by atoms with Crippen molar-refractivity contribution < 1.29 is 13.2 Å². The number of hydrogen-bond acceptors (Lipinski definition) is 3. The Kier molecular flexibility index (Phi) is 5.25. The Hall–Kier alpha value is 0.200. The molecule has 0 aromatic carbocycles. The van der Waals surface area contributed by atoms with Crippen molar-refractivity contribution in [2.45, 2.75) is 39.2 Å². The van der Waals surface area contributed by atoms with Gasteiger partial charge in [-0.2, -0.15) is 0 Å². The lowest BCUT2D eigenvalue weighted by Crippen LogP contribution is -2.24. The molecule has 0 saturated heterocycles. The third-order valence-corrected chi connectivity index (χ3v) is 3.12. The number of rotatable bonds is 6. The zero-order valence-corrected chi connectivity index (χ0v) is 9.91. The molecule has 0 N–H and O–H groups in total. The molecule has 0 aliphatic carbocycles. The Morgan fingerprint density at radius 1 is 1.38 bits per heavy atom. The first-order valence-electron chi connectivity index (χ1n) is 4.33. The maximum absolute atomic E-state index is 10.5. The van der Waals surface area contributed by atoms with Crippen LogP contribution in [0.5, 0.6) is 0 Å². The average Bonchev–Trinajstić information content (AvgIpc) is 1.97. The van der Waals surface area contributed by atoms with Crippen LogP contribution < -0.4 is 0 Å². The van der Waals surface area contributed by atoms with Crippen LogP contribution >= 0.6 is 10.7 Å². The Labute approximate surface area is 84.8 Å². The summed E-state index contributed by atoms with van der Waals surface area (Å²) in [5, 5.41) is 0. The van der Waals surface area contributed by atoms with Crippen LogP contribution in [0.15, 0.2) is 0 Å². The fourth-order valence-corrected chi connectivity index (χ4v) is 1.47. The zero-order chi connectivity index (χ0) is 10.5. The fraction of sp³-hybridized carbons (Fsp3) is 1.00. The van der Waals surface area contributed by atoms with Gasteiger partial charge in [-0.1, -0.05) is 6.92 Å². The van der Waals surface area contributed by atoms with E-state index in [1.54, 1.807) is 0 Å². The molecule has 0 aliphatic rings. The van der Waals surface area contributed by atoms with E-state index in [4.69, 9.17) is 15.4 Å². The Bertz CT molecular complexity index is 234. The van der Waals surface area contributed by atoms with E-state index in [-0.39, 0.29) is 11.4 Å². The molecule has 0 aliphatic heterocycles. The van der Waals surface area contributed by atoms with Gasteiger partial charge >= 0.3 is 0 Å². The summed E-state index contributed by atoms with van der Waals surface area (Å²) in [7, 11) is 1.68. The molecule has 0 bridgehead atoms. The molecular weight excluding hydrogens is 212 g/mol. The lowest BCUT2D eigenvalue weighted by atomic mass is 10.1. The second-order valence-corrected chi connectivity index (χ2v) is 6.45. The lowest BCUT2D eigenvalue weighted by Gasteiger charge is -2.23. The van der Waals surface area contributed by atoms with Gasteiger partial charge in [-0.15, -0.1) is 0 Å². The minimum atomic E-state index is -3.36. The van der Waals surface area contributed by atoms with Gasteiger partial charge in [-0.05, 0) is 26.7 Å². The maximum Gasteiger partial charge on any atom is 0.232 e. The molecule has 0 atom stereocenters. The van der Waals surface area contributed by atoms with Crippen LogP contribution in [0.25, 0.3) is 0 Å². The summed E-state index contributed by atoms with van der Waals surface area (Å²) in [6.07, 6.45) is 1.36. The topological polar surface area (TPSA) is 43.4 Å². The lowest BCUT2D eigenvalue weighted by molar-refractivity contribution is -0.0192. The van der Waals surface area contributed by atoms with Crippen LogP contribution in [0, 0.1) is 0 Å². The van der Waals surface area contributed by atoms with Gasteiger partial charge in [0.25, 0.3) is 0 Å². The van der Waals surface area contributed by atoms with Crippen LogP contribution in [0.3, 0.4) is 0 Å². The molecule has 0 radical (unpaired) electrons. The highest BCUT2D eigenvalue weighted by atomic mass is 35.7. The van der Waals surface area contributed by atoms with Crippen molar-refractivity contribution in [1.82, 2.24) is 0 Å². The van der Waals surface area contributed by atoms with E-state index in [1.807, 2.05) is 20.8 Å². The number of halogens is 1. The van der Waals surface area contributed by atoms with E-state index in [2.05, 4.69) is 0 Å². The van der Waals surface area contributed by atoms with Crippen molar-refractivity contribution in [3.63, 3.8) is 0 Å². The van der Waals surface area contributed by atoms with Gasteiger partial charge in [0, 0.05) is 17.3 Å². The smallest absolute Gasteiger partial charge is 0.232 e. The van der Waals surface area contributed by atoms with Gasteiger partial charge in [0.15, 0.2) is 0 Å². The highest BCUT2D eigenvalue weighted by Crippen LogP contribution is 2.13. The van der Waals surface area contributed by atoms with Crippen LogP contribution in [0.4, 0.5) is 0 Å². The first kappa shape index (κ1) is 13.2. The molecule has 0 aromatic heterocycles. The number of hydrogen-bond donors (Lipinski definition) is 0. The summed E-state index contributed by atoms with van der Waals surface area (Å²) in [6.45, 7) is 6.41. The largest absolute Gasteiger partial charge is 0.376 e. The normalized spacial score (nSPS) is 13.2. The molecule has 0 aromatic rings. The van der Waals surface area contributed by atoms with Gasteiger partial charge in [0.05, 0.1) is 11.4 Å². The summed E-state index contributed by atoms with van der Waals surface area (Å²) < 4.78 is 26.5. The quantitative estimate of drug-likeness (QED) is 0.517. The minimum absolute atomic E-state index is 0.0195. The summed E-state index contributed by atoms with van der Waals surface area (Å²) in [5.74, 6) is -0.0195. The monoisotopic (exact) mass is 228 g/mol. The van der Waals surface area contributed by atoms with Gasteiger partial charge in [0.1, 0.15) is 0 Å². The fourth-order valence-electron chi connectivity index (χ4n) is 0.682. The van der Waals surface area contributed by atoms with Crippen molar-refractivity contribution in [3.05, 3.63) is 0 Å². The molecule has 3 nitrogen and oxygen atoms in total. The molecule has 0 amide bonds. The molecule has 0 fully saturated rings. The second-order valence-electron chi connectivity index (χ2n) is 3.56. The first-order chi connectivity index (χ1) is 5.77. The van der Waals surface area contributed by atoms with E-state index in [1.165, 1.54) is 0 Å². The molecule has 0 spiro atoms. The van der Waals surface area contributed by atoms with Crippen molar-refractivity contribution in [3.8, 4) is 0 Å². The van der Waals surface area contributed by atoms with E-state index in [0.717, 1.165) is 6.42 Å². The molecule has 0 unspecified atom stereocenters. The molecule has 80 valence electrons. The van der Waals surface area contributed by atoms with Gasteiger partial charge in [-0.3, -0.25) is 0 Å². The molecular formula is C8H17ClO3S. The Morgan fingerprint density at radius 2 is 1.92 bits per heavy atom. The summed E-state index contributed by atoms with van der Waals surface area (Å²) in [4.78, 5) is 0. The zero-order valence-electron chi connectivity index (χ0n) is 8.34. The van der Waals surface area contributed by atoms with Crippen molar-refractivity contribution in [1.29, 1.82) is 0 Å². The van der Waals surface area contributed by atoms with Crippen molar-refractivity contribution in [2.24, 2.45) is 0 Å². The first-order valence-corrected chi connectivity index (χ1v) is 6.81. The second kappa shape index (κ2) is 5.17. The number of ether oxygens (including phenoxy) is 1. The van der Waals surface area contributed by atoms with E-state index < -0.39 is 9.05 Å². The van der Waals surface area contributed by atoms with Crippen molar-refractivity contribution >= 4 is 19.7 Å². The van der Waals surface area contributed by atoms with Crippen LogP contribution in [-0.2, 0) is 13.8 Å². The van der Waals surface area contributed by atoms with E-state index in [9.17, 15) is 8.42 Å². The Balaban J connectivity index is 3.58. The standard InChI is InChI=1S/C8H17ClO3S/c1-4-8(2,3)12-6-5-7-13(9,10)11/h4-7H2,1-3H3. The highest BCUT2D eigenvalue weighted by Gasteiger charge is 2.15. The van der Waals surface area contributed by atoms with Gasteiger partial charge in [0.2, 0.25) is 9.05 Å². The summed E-state index contributed by atoms with van der Waals surface area (Å²) >= 11 is 0. The summed E-state index contributed by atoms with van der Waals surface area (Å²) in [5.41, 5.74) is -0.171. The van der Waals surface area contributed by atoms with Crippen LogP contribution in [-0.4, -0.2) is 26.4 Å². The third-order valence-electron chi connectivity index (χ3n) is 1.88. The van der Waals surface area contributed by atoms with Crippen LogP contribution in [0.2, 0.25) is 0 Å². The minimum Gasteiger partial charge on any atom is -0.376 e. The van der Waals surface area contributed by atoms with E-state index in [0.29, 0.717) is 13.0 Å². The molecule has 0 rings (SSSR count). The molecule has 13 heavy (non-hydrogen) atoms. The van der Waals surface area contributed by atoms with Gasteiger partial charge < -0.3 is 4.74 Å². The predicted molar refractivity (Wildman–Crippen MR) is 54.6 cm³/mol. The molecule has 0 heterocycles. The third kappa shape index (κ3) is 8.53. The predicted octanol–water partition coefficient (Wildman–Crippen LogP) is 2.15. The SMILES string of the molecule is CCC(C)(C)OCCCS(=O)(=O)Cl. The Morgan fingerprint density at radius 3 is 2.31 bits per heavy atom. The molecule has 5 heteroatoms. The van der Waals surface area contributed by atoms with Crippen molar-refractivity contribution in [2.75, 3.05) is 12.4 Å². The van der Waals surface area contributed by atoms with Gasteiger partial charge in [-0.25, -0.2) is 8.42 Å². The average molecular weight is 229 g/mol.